The molecule has 2 aromatic rings. The van der Waals surface area contributed by atoms with Crippen molar-refractivity contribution in [2.45, 2.75) is 6.54 Å². The number of nitrogens with one attached hydrogen (secondary N) is 1. The molecular weight excluding hydrogens is 209 g/mol. The first kappa shape index (κ1) is 12.2. The van der Waals surface area contributed by atoms with Crippen molar-refractivity contribution in [3.63, 3.8) is 0 Å². The lowest BCUT2D eigenvalue weighted by molar-refractivity contribution is 1.08. The molecular formula is C8H11Cl2N3. The molecule has 3 N–H and O–H groups in total. The third kappa shape index (κ3) is 2.12. The van der Waals surface area contributed by atoms with Gasteiger partial charge in [-0.1, -0.05) is 0 Å². The first-order chi connectivity index (χ1) is 5.42. The predicted octanol–water partition coefficient (Wildman–Crippen LogP) is 1.87. The summed E-state index contributed by atoms with van der Waals surface area (Å²) in [5, 5.41) is 1.12. The highest BCUT2D eigenvalue weighted by atomic mass is 35.5. The summed E-state index contributed by atoms with van der Waals surface area (Å²) >= 11 is 0. The number of hydrogen-bond donors (Lipinski definition) is 2. The van der Waals surface area contributed by atoms with Crippen molar-refractivity contribution in [3.8, 4) is 0 Å². The van der Waals surface area contributed by atoms with Crippen molar-refractivity contribution < 1.29 is 0 Å². The number of nitrogens with two attached hydrogens (primary N) is 1. The van der Waals surface area contributed by atoms with Gasteiger partial charge in [-0.2, -0.15) is 0 Å². The summed E-state index contributed by atoms with van der Waals surface area (Å²) in [5.41, 5.74) is 7.58. The first-order valence-electron chi connectivity index (χ1n) is 3.53. The average molecular weight is 220 g/mol. The van der Waals surface area contributed by atoms with Crippen LogP contribution in [0.3, 0.4) is 0 Å². The minimum Gasteiger partial charge on any atom is -0.346 e. The van der Waals surface area contributed by atoms with Crippen molar-refractivity contribution in [1.29, 1.82) is 0 Å². The highest BCUT2D eigenvalue weighted by molar-refractivity contribution is 5.85. The maximum atomic E-state index is 5.53. The van der Waals surface area contributed by atoms with E-state index in [1.807, 2.05) is 18.3 Å². The van der Waals surface area contributed by atoms with Gasteiger partial charge in [-0.25, -0.2) is 4.98 Å². The van der Waals surface area contributed by atoms with E-state index in [0.29, 0.717) is 6.54 Å². The Labute approximate surface area is 88.6 Å². The Hall–Kier alpha value is -0.770. The smallest absolute Gasteiger partial charge is 0.137 e. The number of hydrogen-bond acceptors (Lipinski definition) is 2. The number of aromatic amines is 1. The topological polar surface area (TPSA) is 54.7 Å². The van der Waals surface area contributed by atoms with E-state index in [4.69, 9.17) is 5.73 Å². The summed E-state index contributed by atoms with van der Waals surface area (Å²) in [5.74, 6) is 0. The first-order valence-corrected chi connectivity index (χ1v) is 3.53. The summed E-state index contributed by atoms with van der Waals surface area (Å²) in [6.45, 7) is 0.566. The fourth-order valence-electron chi connectivity index (χ4n) is 1.20. The molecule has 2 rings (SSSR count). The van der Waals surface area contributed by atoms with E-state index < -0.39 is 0 Å². The number of fused-ring (bicyclic) bond motifs is 1. The molecule has 13 heavy (non-hydrogen) atoms. The van der Waals surface area contributed by atoms with Crippen molar-refractivity contribution in [1.82, 2.24) is 9.97 Å². The third-order valence-corrected chi connectivity index (χ3v) is 1.77. The van der Waals surface area contributed by atoms with E-state index in [2.05, 4.69) is 9.97 Å². The van der Waals surface area contributed by atoms with Crippen LogP contribution in [0, 0.1) is 0 Å². The third-order valence-electron chi connectivity index (χ3n) is 1.77. The second-order valence-corrected chi connectivity index (χ2v) is 2.41. The lowest BCUT2D eigenvalue weighted by Crippen LogP contribution is -1.96. The van der Waals surface area contributed by atoms with Gasteiger partial charge in [-0.15, -0.1) is 24.8 Å². The van der Waals surface area contributed by atoms with E-state index in [-0.39, 0.29) is 24.8 Å². The standard InChI is InChI=1S/C8H9N3.2ClH/c9-5-6-1-3-10-8-7(6)2-4-11-8;;/h1-4H,5,9H2,(H,10,11);2*1H. The van der Waals surface area contributed by atoms with Crippen LogP contribution in [0.15, 0.2) is 24.5 Å². The fourth-order valence-corrected chi connectivity index (χ4v) is 1.20. The molecule has 0 amide bonds. The van der Waals surface area contributed by atoms with Crippen LogP contribution in [-0.4, -0.2) is 9.97 Å². The van der Waals surface area contributed by atoms with Gasteiger partial charge >= 0.3 is 0 Å². The van der Waals surface area contributed by atoms with Gasteiger partial charge < -0.3 is 10.7 Å². The molecule has 0 aliphatic carbocycles. The average Bonchev–Trinajstić information content (AvgIpc) is 2.50. The summed E-state index contributed by atoms with van der Waals surface area (Å²) in [6, 6.07) is 3.93. The molecule has 0 saturated heterocycles. The van der Waals surface area contributed by atoms with Crippen molar-refractivity contribution >= 4 is 35.8 Å². The van der Waals surface area contributed by atoms with Crippen LogP contribution in [0.5, 0.6) is 0 Å². The summed E-state index contributed by atoms with van der Waals surface area (Å²) in [4.78, 5) is 7.17. The molecule has 0 saturated carbocycles. The molecule has 0 aliphatic rings. The van der Waals surface area contributed by atoms with Gasteiger partial charge in [0, 0.05) is 24.3 Å². The van der Waals surface area contributed by atoms with Gasteiger partial charge in [-0.05, 0) is 17.7 Å². The summed E-state index contributed by atoms with van der Waals surface area (Å²) in [6.07, 6.45) is 3.64. The fraction of sp³-hybridized carbons (Fsp3) is 0.125. The number of aromatic nitrogens is 2. The number of halogens is 2. The Morgan fingerprint density at radius 2 is 2.08 bits per heavy atom. The molecule has 0 unspecified atom stereocenters. The lowest BCUT2D eigenvalue weighted by atomic mass is 10.2. The molecule has 0 aromatic carbocycles. The highest BCUT2D eigenvalue weighted by Crippen LogP contribution is 2.13. The largest absolute Gasteiger partial charge is 0.346 e. The molecule has 0 spiro atoms. The Morgan fingerprint density at radius 1 is 1.31 bits per heavy atom. The zero-order valence-corrected chi connectivity index (χ0v) is 8.49. The Balaban J connectivity index is 0.000000720. The molecule has 0 fully saturated rings. The van der Waals surface area contributed by atoms with Crippen molar-refractivity contribution in [2.24, 2.45) is 5.73 Å². The van der Waals surface area contributed by atoms with Crippen LogP contribution in [0.4, 0.5) is 0 Å². The summed E-state index contributed by atoms with van der Waals surface area (Å²) in [7, 11) is 0. The second kappa shape index (κ2) is 5.07. The number of rotatable bonds is 1. The second-order valence-electron chi connectivity index (χ2n) is 2.41. The predicted molar refractivity (Wildman–Crippen MR) is 58.5 cm³/mol. The van der Waals surface area contributed by atoms with Gasteiger partial charge in [0.25, 0.3) is 0 Å². The molecule has 5 heteroatoms. The number of pyridine rings is 1. The minimum absolute atomic E-state index is 0. The molecule has 0 aliphatic heterocycles. The van der Waals surface area contributed by atoms with Crippen LogP contribution >= 0.6 is 24.8 Å². The maximum absolute atomic E-state index is 5.53. The molecule has 0 bridgehead atoms. The SMILES string of the molecule is Cl.Cl.NCc1ccnc2[nH]ccc12. The molecule has 0 atom stereocenters. The number of nitrogens with zero attached hydrogens (tertiary/aromatic N) is 1. The molecule has 2 aromatic heterocycles. The quantitative estimate of drug-likeness (QED) is 0.770. The van der Waals surface area contributed by atoms with Crippen LogP contribution in [0.2, 0.25) is 0 Å². The van der Waals surface area contributed by atoms with Gasteiger partial charge in [-0.3, -0.25) is 0 Å². The van der Waals surface area contributed by atoms with Gasteiger partial charge in [0.1, 0.15) is 5.65 Å². The normalized spacial score (nSPS) is 9.00. The molecule has 0 radical (unpaired) electrons. The molecule has 2 heterocycles. The Morgan fingerprint density at radius 3 is 2.77 bits per heavy atom. The van der Waals surface area contributed by atoms with Crippen LogP contribution < -0.4 is 5.73 Å². The van der Waals surface area contributed by atoms with Crippen LogP contribution in [-0.2, 0) is 6.54 Å². The van der Waals surface area contributed by atoms with E-state index >= 15 is 0 Å². The zero-order valence-electron chi connectivity index (χ0n) is 6.86. The van der Waals surface area contributed by atoms with Gasteiger partial charge in [0.15, 0.2) is 0 Å². The van der Waals surface area contributed by atoms with Gasteiger partial charge in [0.05, 0.1) is 0 Å². The zero-order chi connectivity index (χ0) is 7.68. The molecule has 72 valence electrons. The van der Waals surface area contributed by atoms with E-state index in [1.54, 1.807) is 6.20 Å². The Bertz CT molecular complexity index is 372. The van der Waals surface area contributed by atoms with E-state index in [1.165, 1.54) is 0 Å². The Kier molecular flexibility index (Phi) is 4.77. The van der Waals surface area contributed by atoms with E-state index in [9.17, 15) is 0 Å². The highest BCUT2D eigenvalue weighted by Gasteiger charge is 1.98. The monoisotopic (exact) mass is 219 g/mol. The minimum atomic E-state index is 0. The van der Waals surface area contributed by atoms with Gasteiger partial charge in [0.2, 0.25) is 0 Å². The van der Waals surface area contributed by atoms with Crippen molar-refractivity contribution in [2.75, 3.05) is 0 Å². The number of H-pyrrole nitrogens is 1. The van der Waals surface area contributed by atoms with E-state index in [0.717, 1.165) is 16.6 Å². The lowest BCUT2D eigenvalue weighted by Gasteiger charge is -1.96. The van der Waals surface area contributed by atoms with Crippen LogP contribution in [0.25, 0.3) is 11.0 Å². The molecule has 3 nitrogen and oxygen atoms in total. The maximum Gasteiger partial charge on any atom is 0.137 e. The van der Waals surface area contributed by atoms with Crippen molar-refractivity contribution in [3.05, 3.63) is 30.1 Å². The summed E-state index contributed by atoms with van der Waals surface area (Å²) < 4.78 is 0. The van der Waals surface area contributed by atoms with Crippen LogP contribution in [0.1, 0.15) is 5.56 Å².